The van der Waals surface area contributed by atoms with Crippen molar-refractivity contribution in [2.75, 3.05) is 21.3 Å². The molecule has 2 aromatic rings. The van der Waals surface area contributed by atoms with Crippen LogP contribution in [0.2, 0.25) is 0 Å². The summed E-state index contributed by atoms with van der Waals surface area (Å²) in [6, 6.07) is 7.25. The van der Waals surface area contributed by atoms with Gasteiger partial charge < -0.3 is 14.8 Å². The van der Waals surface area contributed by atoms with Gasteiger partial charge in [-0.05, 0) is 36.8 Å². The molecule has 2 rings (SSSR count). The molecule has 1 aromatic carbocycles. The minimum absolute atomic E-state index is 0.155. The first-order chi connectivity index (χ1) is 10.1. The SMILES string of the molecule is CNC(=O)c1ccnc(-c2cc(C)cc(OC)c2OC)c1. The lowest BCUT2D eigenvalue weighted by atomic mass is 10.0. The van der Waals surface area contributed by atoms with E-state index in [4.69, 9.17) is 9.47 Å². The van der Waals surface area contributed by atoms with Crippen molar-refractivity contribution in [2.24, 2.45) is 0 Å². The van der Waals surface area contributed by atoms with Crippen LogP contribution >= 0.6 is 0 Å². The molecule has 0 spiro atoms. The first-order valence-corrected chi connectivity index (χ1v) is 6.51. The molecule has 0 radical (unpaired) electrons. The van der Waals surface area contributed by atoms with Crippen LogP contribution in [-0.4, -0.2) is 32.2 Å². The maximum atomic E-state index is 11.7. The minimum Gasteiger partial charge on any atom is -0.493 e. The van der Waals surface area contributed by atoms with Crippen LogP contribution in [0.15, 0.2) is 30.5 Å². The summed E-state index contributed by atoms with van der Waals surface area (Å²) in [5, 5.41) is 2.60. The number of pyridine rings is 1. The van der Waals surface area contributed by atoms with E-state index in [1.165, 1.54) is 0 Å². The normalized spacial score (nSPS) is 10.1. The van der Waals surface area contributed by atoms with Crippen molar-refractivity contribution in [3.8, 4) is 22.8 Å². The number of aryl methyl sites for hydroxylation is 1. The largest absolute Gasteiger partial charge is 0.493 e. The molecule has 0 unspecified atom stereocenters. The Hall–Kier alpha value is -2.56. The third-order valence-electron chi connectivity index (χ3n) is 3.15. The predicted octanol–water partition coefficient (Wildman–Crippen LogP) is 2.43. The molecule has 0 aliphatic rings. The number of ether oxygens (including phenoxy) is 2. The Bertz CT molecular complexity index is 669. The minimum atomic E-state index is -0.155. The molecule has 5 heteroatoms. The van der Waals surface area contributed by atoms with E-state index in [1.807, 2.05) is 19.1 Å². The van der Waals surface area contributed by atoms with Crippen LogP contribution in [0.5, 0.6) is 11.5 Å². The Labute approximate surface area is 123 Å². The molecule has 0 saturated heterocycles. The van der Waals surface area contributed by atoms with Crippen LogP contribution < -0.4 is 14.8 Å². The Balaban J connectivity index is 2.61. The number of nitrogens with one attached hydrogen (secondary N) is 1. The van der Waals surface area contributed by atoms with Gasteiger partial charge in [-0.2, -0.15) is 0 Å². The zero-order valence-electron chi connectivity index (χ0n) is 12.6. The van der Waals surface area contributed by atoms with Crippen molar-refractivity contribution in [1.29, 1.82) is 0 Å². The number of methoxy groups -OCH3 is 2. The van der Waals surface area contributed by atoms with Crippen molar-refractivity contribution >= 4 is 5.91 Å². The van der Waals surface area contributed by atoms with E-state index in [9.17, 15) is 4.79 Å². The molecule has 0 aliphatic heterocycles. The number of hydrogen-bond acceptors (Lipinski definition) is 4. The Morgan fingerprint density at radius 2 is 1.95 bits per heavy atom. The molecule has 5 nitrogen and oxygen atoms in total. The van der Waals surface area contributed by atoms with Gasteiger partial charge in [0.05, 0.1) is 19.9 Å². The number of benzene rings is 1. The first-order valence-electron chi connectivity index (χ1n) is 6.51. The summed E-state index contributed by atoms with van der Waals surface area (Å²) < 4.78 is 10.8. The second-order valence-electron chi connectivity index (χ2n) is 4.56. The highest BCUT2D eigenvalue weighted by Crippen LogP contribution is 2.38. The second-order valence-corrected chi connectivity index (χ2v) is 4.56. The topological polar surface area (TPSA) is 60.5 Å². The highest BCUT2D eigenvalue weighted by molar-refractivity contribution is 5.95. The number of carbonyl (C=O) groups is 1. The predicted molar refractivity (Wildman–Crippen MR) is 80.9 cm³/mol. The standard InChI is InChI=1S/C16H18N2O3/c1-10-7-12(15(21-4)14(8-10)20-3)13-9-11(5-6-18-13)16(19)17-2/h5-9H,1-4H3,(H,17,19). The number of amides is 1. The maximum Gasteiger partial charge on any atom is 0.251 e. The molecule has 1 N–H and O–H groups in total. The van der Waals surface area contributed by atoms with Crippen molar-refractivity contribution in [2.45, 2.75) is 6.92 Å². The lowest BCUT2D eigenvalue weighted by molar-refractivity contribution is 0.0963. The first kappa shape index (κ1) is 14.8. The summed E-state index contributed by atoms with van der Waals surface area (Å²) in [5.74, 6) is 1.08. The number of nitrogens with zero attached hydrogens (tertiary/aromatic N) is 1. The molecule has 1 heterocycles. The highest BCUT2D eigenvalue weighted by Gasteiger charge is 2.15. The summed E-state index contributed by atoms with van der Waals surface area (Å²) in [7, 11) is 4.77. The van der Waals surface area contributed by atoms with Gasteiger partial charge in [0.25, 0.3) is 5.91 Å². The van der Waals surface area contributed by atoms with E-state index >= 15 is 0 Å². The number of rotatable bonds is 4. The number of hydrogen-bond donors (Lipinski definition) is 1. The molecule has 0 fully saturated rings. The zero-order valence-corrected chi connectivity index (χ0v) is 12.6. The Morgan fingerprint density at radius 3 is 2.57 bits per heavy atom. The van der Waals surface area contributed by atoms with Crippen LogP contribution in [0.4, 0.5) is 0 Å². The van der Waals surface area contributed by atoms with E-state index < -0.39 is 0 Å². The summed E-state index contributed by atoms with van der Waals surface area (Å²) in [6.45, 7) is 1.97. The average molecular weight is 286 g/mol. The fourth-order valence-corrected chi connectivity index (χ4v) is 2.16. The van der Waals surface area contributed by atoms with Crippen molar-refractivity contribution < 1.29 is 14.3 Å². The summed E-state index contributed by atoms with van der Waals surface area (Å²) in [4.78, 5) is 16.1. The zero-order chi connectivity index (χ0) is 15.4. The van der Waals surface area contributed by atoms with Gasteiger partial charge in [-0.25, -0.2) is 0 Å². The maximum absolute atomic E-state index is 11.7. The van der Waals surface area contributed by atoms with Crippen molar-refractivity contribution in [3.05, 3.63) is 41.6 Å². The third kappa shape index (κ3) is 2.97. The van der Waals surface area contributed by atoms with Gasteiger partial charge in [-0.15, -0.1) is 0 Å². The monoisotopic (exact) mass is 286 g/mol. The molecule has 1 aromatic heterocycles. The van der Waals surface area contributed by atoms with Crippen LogP contribution in [0, 0.1) is 6.92 Å². The van der Waals surface area contributed by atoms with Gasteiger partial charge in [-0.3, -0.25) is 9.78 Å². The molecule has 0 bridgehead atoms. The van der Waals surface area contributed by atoms with Crippen molar-refractivity contribution in [1.82, 2.24) is 10.3 Å². The van der Waals surface area contributed by atoms with Gasteiger partial charge in [0.1, 0.15) is 0 Å². The smallest absolute Gasteiger partial charge is 0.251 e. The number of aromatic nitrogens is 1. The lowest BCUT2D eigenvalue weighted by Crippen LogP contribution is -2.17. The van der Waals surface area contributed by atoms with E-state index in [-0.39, 0.29) is 5.91 Å². The third-order valence-corrected chi connectivity index (χ3v) is 3.15. The molecule has 110 valence electrons. The summed E-state index contributed by atoms with van der Waals surface area (Å²) in [5.41, 5.74) is 3.02. The van der Waals surface area contributed by atoms with Crippen LogP contribution in [0.3, 0.4) is 0 Å². The average Bonchev–Trinajstić information content (AvgIpc) is 2.53. The molecular formula is C16H18N2O3. The fraction of sp³-hybridized carbons (Fsp3) is 0.250. The van der Waals surface area contributed by atoms with Gasteiger partial charge in [0, 0.05) is 24.4 Å². The molecule has 0 aliphatic carbocycles. The van der Waals surface area contributed by atoms with E-state index in [1.54, 1.807) is 39.6 Å². The van der Waals surface area contributed by atoms with Gasteiger partial charge in [-0.1, -0.05) is 0 Å². The number of carbonyl (C=O) groups excluding carboxylic acids is 1. The molecule has 0 atom stereocenters. The van der Waals surface area contributed by atoms with Gasteiger partial charge >= 0.3 is 0 Å². The molecule has 1 amide bonds. The fourth-order valence-electron chi connectivity index (χ4n) is 2.16. The quantitative estimate of drug-likeness (QED) is 0.937. The molecule has 21 heavy (non-hydrogen) atoms. The molecular weight excluding hydrogens is 268 g/mol. The summed E-state index contributed by atoms with van der Waals surface area (Å²) in [6.07, 6.45) is 1.61. The summed E-state index contributed by atoms with van der Waals surface area (Å²) >= 11 is 0. The van der Waals surface area contributed by atoms with Gasteiger partial charge in [0.2, 0.25) is 0 Å². The van der Waals surface area contributed by atoms with Crippen LogP contribution in [0.25, 0.3) is 11.3 Å². The van der Waals surface area contributed by atoms with E-state index in [0.717, 1.165) is 11.1 Å². The van der Waals surface area contributed by atoms with Gasteiger partial charge in [0.15, 0.2) is 11.5 Å². The van der Waals surface area contributed by atoms with Crippen LogP contribution in [0.1, 0.15) is 15.9 Å². The van der Waals surface area contributed by atoms with E-state index in [0.29, 0.717) is 22.8 Å². The van der Waals surface area contributed by atoms with Crippen molar-refractivity contribution in [3.63, 3.8) is 0 Å². The molecule has 0 saturated carbocycles. The lowest BCUT2D eigenvalue weighted by Gasteiger charge is -2.14. The highest BCUT2D eigenvalue weighted by atomic mass is 16.5. The Kier molecular flexibility index (Phi) is 4.42. The van der Waals surface area contributed by atoms with Crippen LogP contribution in [-0.2, 0) is 0 Å². The van der Waals surface area contributed by atoms with E-state index in [2.05, 4.69) is 10.3 Å². The second kappa shape index (κ2) is 6.26. The Morgan fingerprint density at radius 1 is 1.19 bits per heavy atom.